The van der Waals surface area contributed by atoms with Gasteiger partial charge in [0.1, 0.15) is 0 Å². The van der Waals surface area contributed by atoms with Gasteiger partial charge in [0.25, 0.3) is 0 Å². The van der Waals surface area contributed by atoms with Crippen LogP contribution in [-0.2, 0) is 16.0 Å². The molecule has 0 bridgehead atoms. The molecule has 1 N–H and O–H groups in total. The maximum atomic E-state index is 5.54. The first-order chi connectivity index (χ1) is 14.2. The number of benzene rings is 2. The number of methoxy groups -OCH3 is 1. The lowest BCUT2D eigenvalue weighted by atomic mass is 10.0. The van der Waals surface area contributed by atoms with Gasteiger partial charge in [-0.3, -0.25) is 0 Å². The summed E-state index contributed by atoms with van der Waals surface area (Å²) >= 11 is 0. The van der Waals surface area contributed by atoms with E-state index in [0.717, 1.165) is 37.4 Å². The molecule has 0 saturated carbocycles. The largest absolute Gasteiger partial charge is 0.483 e. The second-order valence-corrected chi connectivity index (χ2v) is 7.00. The summed E-state index contributed by atoms with van der Waals surface area (Å²) in [6.45, 7) is 6.18. The molecule has 1 saturated heterocycles. The van der Waals surface area contributed by atoms with Gasteiger partial charge < -0.3 is 24.5 Å². The molecule has 1 heterocycles. The molecule has 0 aromatic heterocycles. The first-order valence-corrected chi connectivity index (χ1v) is 9.83. The van der Waals surface area contributed by atoms with Gasteiger partial charge in [-0.05, 0) is 49.2 Å². The van der Waals surface area contributed by atoms with Crippen molar-refractivity contribution in [1.82, 2.24) is 0 Å². The zero-order valence-electron chi connectivity index (χ0n) is 17.1. The lowest BCUT2D eigenvalue weighted by molar-refractivity contribution is 0.0833. The smallest absolute Gasteiger partial charge is 0.185 e. The van der Waals surface area contributed by atoms with Crippen LogP contribution in [0.4, 0.5) is 11.4 Å². The minimum absolute atomic E-state index is 0.438. The summed E-state index contributed by atoms with van der Waals surface area (Å²) < 4.78 is 10.5. The van der Waals surface area contributed by atoms with Crippen LogP contribution in [0.15, 0.2) is 66.1 Å². The molecule has 0 amide bonds. The van der Waals surface area contributed by atoms with Crippen LogP contribution in [0, 0.1) is 5.92 Å². The van der Waals surface area contributed by atoms with Crippen molar-refractivity contribution in [2.24, 2.45) is 11.1 Å². The van der Waals surface area contributed by atoms with E-state index in [1.54, 1.807) is 7.11 Å². The van der Waals surface area contributed by atoms with E-state index in [1.807, 2.05) is 54.6 Å². The fourth-order valence-electron chi connectivity index (χ4n) is 3.03. The zero-order chi connectivity index (χ0) is 20.5. The second kappa shape index (κ2) is 10.5. The second-order valence-electron chi connectivity index (χ2n) is 7.00. The summed E-state index contributed by atoms with van der Waals surface area (Å²) in [5.74, 6) is 1.76. The first-order valence-electron chi connectivity index (χ1n) is 9.83. The third kappa shape index (κ3) is 6.26. The van der Waals surface area contributed by atoms with Crippen LogP contribution in [0.1, 0.15) is 18.4 Å². The van der Waals surface area contributed by atoms with E-state index >= 15 is 0 Å². The molecule has 3 rings (SSSR count). The van der Waals surface area contributed by atoms with Crippen LogP contribution < -0.4 is 15.1 Å². The molecule has 1 aliphatic rings. The Labute approximate surface area is 172 Å². The quantitative estimate of drug-likeness (QED) is 0.381. The summed E-state index contributed by atoms with van der Waals surface area (Å²) in [6, 6.07) is 16.1. The van der Waals surface area contributed by atoms with Crippen molar-refractivity contribution in [2.45, 2.75) is 19.4 Å². The van der Waals surface area contributed by atoms with Crippen molar-refractivity contribution < 1.29 is 14.3 Å². The van der Waals surface area contributed by atoms with Crippen molar-refractivity contribution in [3.8, 4) is 5.75 Å². The summed E-state index contributed by atoms with van der Waals surface area (Å²) in [5, 5.41) is 7.56. The number of oxime groups is 1. The first kappa shape index (κ1) is 20.7. The molecule has 1 aliphatic heterocycles. The maximum Gasteiger partial charge on any atom is 0.185 e. The molecule has 6 heteroatoms. The fourth-order valence-corrected chi connectivity index (χ4v) is 3.03. The third-order valence-corrected chi connectivity index (χ3v) is 4.96. The average Bonchev–Trinajstić information content (AvgIpc) is 2.78. The molecule has 0 radical (unpaired) electrons. The number of nitrogens with zero attached hydrogens (tertiary/aromatic N) is 2. The van der Waals surface area contributed by atoms with Crippen molar-refractivity contribution in [1.29, 1.82) is 0 Å². The van der Waals surface area contributed by atoms with E-state index in [2.05, 4.69) is 29.2 Å². The van der Waals surface area contributed by atoms with E-state index in [-0.39, 0.29) is 0 Å². The number of hydrogen-bond donors (Lipinski definition) is 1. The highest BCUT2D eigenvalue weighted by Crippen LogP contribution is 2.21. The van der Waals surface area contributed by atoms with Crippen molar-refractivity contribution in [3.05, 3.63) is 66.6 Å². The highest BCUT2D eigenvalue weighted by molar-refractivity contribution is 5.60. The van der Waals surface area contributed by atoms with E-state index in [9.17, 15) is 0 Å². The molecule has 0 unspecified atom stereocenters. The van der Waals surface area contributed by atoms with Crippen LogP contribution in [0.5, 0.6) is 5.75 Å². The molecule has 6 nitrogen and oxygen atoms in total. The van der Waals surface area contributed by atoms with E-state index < -0.39 is 0 Å². The molecule has 2 aromatic rings. The predicted octanol–water partition coefficient (Wildman–Crippen LogP) is 4.64. The van der Waals surface area contributed by atoms with Gasteiger partial charge in [0.15, 0.2) is 11.6 Å². The lowest BCUT2D eigenvalue weighted by Gasteiger charge is -2.20. The Kier molecular flexibility index (Phi) is 7.53. The minimum atomic E-state index is 0.438. The van der Waals surface area contributed by atoms with E-state index in [4.69, 9.17) is 14.3 Å². The lowest BCUT2D eigenvalue weighted by Crippen LogP contribution is -2.16. The van der Waals surface area contributed by atoms with E-state index in [1.165, 1.54) is 5.56 Å². The molecule has 154 valence electrons. The number of anilines is 2. The van der Waals surface area contributed by atoms with Crippen molar-refractivity contribution in [3.63, 3.8) is 0 Å². The van der Waals surface area contributed by atoms with Crippen LogP contribution in [0.3, 0.4) is 0 Å². The van der Waals surface area contributed by atoms with Gasteiger partial charge in [0, 0.05) is 56.4 Å². The van der Waals surface area contributed by atoms with E-state index in [0.29, 0.717) is 24.1 Å². The van der Waals surface area contributed by atoms with Crippen molar-refractivity contribution >= 4 is 17.6 Å². The van der Waals surface area contributed by atoms with Crippen LogP contribution in [0.25, 0.3) is 0 Å². The number of hydrogen-bond acceptors (Lipinski definition) is 6. The molecule has 0 spiro atoms. The van der Waals surface area contributed by atoms with Crippen LogP contribution in [-0.4, -0.2) is 33.6 Å². The number of rotatable bonds is 9. The molecular formula is C23H29N3O3. The molecule has 0 atom stereocenters. The molecule has 1 fully saturated rings. The number of ether oxygens (including phenoxy) is 2. The zero-order valence-corrected chi connectivity index (χ0v) is 17.1. The highest BCUT2D eigenvalue weighted by atomic mass is 16.6. The molecular weight excluding hydrogens is 366 g/mol. The Bertz CT molecular complexity index is 814. The Morgan fingerprint density at radius 1 is 1.24 bits per heavy atom. The standard InChI is InChI=1S/C23H29N3O3/c1-18(27-3)26(2)22-9-7-19(8-10-22)16-24-21-5-4-6-23(15-21)29-25-17-20-11-13-28-14-12-20/h4-10,15,17,20,24H,1,11-14,16H2,2-3H3/b25-17-. The minimum Gasteiger partial charge on any atom is -0.483 e. The summed E-state index contributed by atoms with van der Waals surface area (Å²) in [4.78, 5) is 7.44. The van der Waals surface area contributed by atoms with Gasteiger partial charge in [0.05, 0.1) is 7.11 Å². The van der Waals surface area contributed by atoms with Gasteiger partial charge >= 0.3 is 0 Å². The topological polar surface area (TPSA) is 55.3 Å². The molecule has 0 aliphatic carbocycles. The monoisotopic (exact) mass is 395 g/mol. The highest BCUT2D eigenvalue weighted by Gasteiger charge is 2.11. The summed E-state index contributed by atoms with van der Waals surface area (Å²) in [5.41, 5.74) is 3.19. The van der Waals surface area contributed by atoms with Gasteiger partial charge in [-0.1, -0.05) is 23.4 Å². The maximum absolute atomic E-state index is 5.54. The van der Waals surface area contributed by atoms with Crippen LogP contribution >= 0.6 is 0 Å². The Hall–Kier alpha value is -2.99. The average molecular weight is 396 g/mol. The Morgan fingerprint density at radius 3 is 2.72 bits per heavy atom. The van der Waals surface area contributed by atoms with Gasteiger partial charge in [-0.25, -0.2) is 0 Å². The van der Waals surface area contributed by atoms with Gasteiger partial charge in [-0.2, -0.15) is 0 Å². The van der Waals surface area contributed by atoms with Gasteiger partial charge in [-0.15, -0.1) is 0 Å². The predicted molar refractivity (Wildman–Crippen MR) is 117 cm³/mol. The number of nitrogens with one attached hydrogen (secondary N) is 1. The summed E-state index contributed by atoms with van der Waals surface area (Å²) in [7, 11) is 3.54. The Balaban J connectivity index is 1.51. The third-order valence-electron chi connectivity index (χ3n) is 4.96. The summed E-state index contributed by atoms with van der Waals surface area (Å²) in [6.07, 6.45) is 3.89. The Morgan fingerprint density at radius 2 is 2.00 bits per heavy atom. The molecule has 2 aromatic carbocycles. The SMILES string of the molecule is C=C(OC)N(C)c1ccc(CNc2cccc(O/N=C\C3CCOCC3)c2)cc1. The fraction of sp³-hybridized carbons (Fsp3) is 0.348. The molecule has 29 heavy (non-hydrogen) atoms. The van der Waals surface area contributed by atoms with Gasteiger partial charge in [0.2, 0.25) is 0 Å². The normalized spacial score (nSPS) is 14.6. The van der Waals surface area contributed by atoms with Crippen molar-refractivity contribution in [2.75, 3.05) is 37.6 Å². The van der Waals surface area contributed by atoms with Crippen LogP contribution in [0.2, 0.25) is 0 Å².